The Hall–Kier alpha value is -4.92. The van der Waals surface area contributed by atoms with Gasteiger partial charge in [0.15, 0.2) is 0 Å². The van der Waals surface area contributed by atoms with Gasteiger partial charge < -0.3 is 9.64 Å². The fraction of sp³-hybridized carbons (Fsp3) is 0.357. The van der Waals surface area contributed by atoms with Gasteiger partial charge in [0.1, 0.15) is 11.2 Å². The van der Waals surface area contributed by atoms with E-state index < -0.39 is 0 Å². The maximum Gasteiger partial charge on any atom is 0.100 e. The van der Waals surface area contributed by atoms with Crippen LogP contribution in [0.1, 0.15) is 75.3 Å². The highest BCUT2D eigenvalue weighted by molar-refractivity contribution is 5.81. The second-order valence-electron chi connectivity index (χ2n) is 19.8. The summed E-state index contributed by atoms with van der Waals surface area (Å²) in [5.74, 6) is 6.53. The molecule has 2 spiro atoms. The molecule has 2 heteroatoms. The second-order valence-corrected chi connectivity index (χ2v) is 19.8. The van der Waals surface area contributed by atoms with Crippen molar-refractivity contribution in [2.24, 2.45) is 47.3 Å². The second kappa shape index (κ2) is 12.8. The molecule has 0 radical (unpaired) electrons. The number of nitrogens with zero attached hydrogens (tertiary/aromatic N) is 1. The van der Waals surface area contributed by atoms with E-state index in [4.69, 9.17) is 4.74 Å². The van der Waals surface area contributed by atoms with Crippen molar-refractivity contribution in [2.45, 2.75) is 75.4 Å². The summed E-state index contributed by atoms with van der Waals surface area (Å²) in [5, 5.41) is 0. The Balaban J connectivity index is 0.887. The lowest BCUT2D eigenvalue weighted by molar-refractivity contribution is -0.304. The molecule has 0 saturated heterocycles. The third kappa shape index (κ3) is 5.00. The zero-order valence-electron chi connectivity index (χ0n) is 33.5. The van der Waals surface area contributed by atoms with Crippen LogP contribution in [0.15, 0.2) is 152 Å². The molecule has 58 heavy (non-hydrogen) atoms. The Morgan fingerprint density at radius 1 is 0.328 bits per heavy atom. The first-order valence-corrected chi connectivity index (χ1v) is 22.7. The van der Waals surface area contributed by atoms with Crippen LogP contribution in [0.4, 0.5) is 17.1 Å². The molecule has 1 heterocycles. The van der Waals surface area contributed by atoms with Crippen LogP contribution < -0.4 is 4.90 Å². The average molecular weight is 756 g/mol. The topological polar surface area (TPSA) is 12.5 Å². The van der Waals surface area contributed by atoms with Crippen molar-refractivity contribution in [3.63, 3.8) is 0 Å². The molecule has 0 amide bonds. The van der Waals surface area contributed by atoms with Crippen LogP contribution in [-0.2, 0) is 15.9 Å². The normalized spacial score (nSPS) is 33.2. The minimum Gasteiger partial charge on any atom is -0.358 e. The summed E-state index contributed by atoms with van der Waals surface area (Å²) in [5.41, 5.74) is 14.2. The number of hydrogen-bond acceptors (Lipinski definition) is 2. The third-order valence-corrected chi connectivity index (χ3v) is 16.8. The first-order valence-electron chi connectivity index (χ1n) is 22.7. The fourth-order valence-corrected chi connectivity index (χ4v) is 14.9. The van der Waals surface area contributed by atoms with E-state index in [1.165, 1.54) is 103 Å². The van der Waals surface area contributed by atoms with Crippen molar-refractivity contribution < 1.29 is 4.74 Å². The SMILES string of the molecule is c1ccc(-c2ccc(N(c3ccc(-c4ccccc4)cc3)c3ccc(-c4ccc5c(c4)C4(OC56C5CC7CC(C5)CC6C7)C5CC6CC(C5)CC4C6)cc3)cc2)cc1. The van der Waals surface area contributed by atoms with Crippen molar-refractivity contribution >= 4 is 17.1 Å². The van der Waals surface area contributed by atoms with Gasteiger partial charge in [-0.3, -0.25) is 0 Å². The Morgan fingerprint density at radius 2 is 0.655 bits per heavy atom. The fourth-order valence-electron chi connectivity index (χ4n) is 14.9. The first kappa shape index (κ1) is 34.0. The van der Waals surface area contributed by atoms with Crippen LogP contribution in [-0.4, -0.2) is 0 Å². The van der Waals surface area contributed by atoms with E-state index in [-0.39, 0.29) is 11.2 Å². The number of rotatable bonds is 6. The van der Waals surface area contributed by atoms with Crippen LogP contribution in [0.3, 0.4) is 0 Å². The maximum atomic E-state index is 8.17. The monoisotopic (exact) mass is 755 g/mol. The van der Waals surface area contributed by atoms with Crippen LogP contribution in [0.5, 0.6) is 0 Å². The van der Waals surface area contributed by atoms with Gasteiger partial charge in [0.25, 0.3) is 0 Å². The van der Waals surface area contributed by atoms with Crippen LogP contribution in [0, 0.1) is 47.3 Å². The highest BCUT2D eigenvalue weighted by Crippen LogP contribution is 2.74. The summed E-state index contributed by atoms with van der Waals surface area (Å²) in [7, 11) is 0. The molecule has 288 valence electrons. The highest BCUT2D eigenvalue weighted by atomic mass is 16.5. The number of fused-ring (bicyclic) bond motifs is 1. The summed E-state index contributed by atoms with van der Waals surface area (Å²) >= 11 is 0. The molecule has 9 aliphatic rings. The molecule has 8 saturated carbocycles. The van der Waals surface area contributed by atoms with Crippen LogP contribution >= 0.6 is 0 Å². The third-order valence-electron chi connectivity index (χ3n) is 16.8. The van der Waals surface area contributed by atoms with Gasteiger partial charge in [0.2, 0.25) is 0 Å². The van der Waals surface area contributed by atoms with Crippen molar-refractivity contribution in [2.75, 3.05) is 4.90 Å². The van der Waals surface area contributed by atoms with Gasteiger partial charge >= 0.3 is 0 Å². The zero-order chi connectivity index (χ0) is 38.0. The molecule has 8 bridgehead atoms. The number of hydrogen-bond donors (Lipinski definition) is 0. The highest BCUT2D eigenvalue weighted by Gasteiger charge is 2.71. The summed E-state index contributed by atoms with van der Waals surface area (Å²) < 4.78 is 8.17. The summed E-state index contributed by atoms with van der Waals surface area (Å²) in [4.78, 5) is 2.41. The van der Waals surface area contributed by atoms with Crippen LogP contribution in [0.25, 0.3) is 33.4 Å². The molecular weight excluding hydrogens is 703 g/mol. The van der Waals surface area contributed by atoms with Gasteiger partial charge in [-0.15, -0.1) is 0 Å². The van der Waals surface area contributed by atoms with Crippen molar-refractivity contribution in [1.29, 1.82) is 0 Å². The minimum atomic E-state index is -0.0807. The summed E-state index contributed by atoms with van der Waals surface area (Å²) in [6.45, 7) is 0. The Bertz CT molecular complexity index is 2340. The predicted molar refractivity (Wildman–Crippen MR) is 236 cm³/mol. The maximum absolute atomic E-state index is 8.17. The molecule has 15 rings (SSSR count). The van der Waals surface area contributed by atoms with Gasteiger partial charge in [0.05, 0.1) is 0 Å². The van der Waals surface area contributed by atoms with Gasteiger partial charge in [0, 0.05) is 17.1 Å². The van der Waals surface area contributed by atoms with Gasteiger partial charge in [-0.2, -0.15) is 0 Å². The van der Waals surface area contributed by atoms with Crippen molar-refractivity contribution in [1.82, 2.24) is 0 Å². The Morgan fingerprint density at radius 3 is 1.05 bits per heavy atom. The summed E-state index contributed by atoms with van der Waals surface area (Å²) in [6.07, 6.45) is 14.1. The smallest absolute Gasteiger partial charge is 0.100 e. The van der Waals surface area contributed by atoms with E-state index in [0.29, 0.717) is 23.7 Å². The molecule has 8 aliphatic carbocycles. The van der Waals surface area contributed by atoms with Gasteiger partial charge in [-0.1, -0.05) is 109 Å². The molecule has 6 aromatic carbocycles. The Kier molecular flexibility index (Phi) is 7.50. The van der Waals surface area contributed by atoms with Gasteiger partial charge in [-0.05, 0) is 199 Å². The largest absolute Gasteiger partial charge is 0.358 e. The molecule has 0 atom stereocenters. The van der Waals surface area contributed by atoms with Crippen molar-refractivity contribution in [3.8, 4) is 33.4 Å². The van der Waals surface area contributed by atoms with Gasteiger partial charge in [-0.25, -0.2) is 0 Å². The van der Waals surface area contributed by atoms with E-state index in [1.807, 2.05) is 0 Å². The molecular formula is C56H53NO. The molecule has 6 aromatic rings. The lowest BCUT2D eigenvalue weighted by atomic mass is 9.48. The lowest BCUT2D eigenvalue weighted by Gasteiger charge is -2.64. The zero-order valence-corrected chi connectivity index (χ0v) is 33.5. The first-order chi connectivity index (χ1) is 28.6. The molecule has 0 aromatic heterocycles. The molecule has 2 nitrogen and oxygen atoms in total. The number of anilines is 3. The van der Waals surface area contributed by atoms with E-state index in [1.54, 1.807) is 11.1 Å². The predicted octanol–water partition coefficient (Wildman–Crippen LogP) is 14.5. The van der Waals surface area contributed by atoms with E-state index in [2.05, 4.69) is 157 Å². The van der Waals surface area contributed by atoms with Crippen LogP contribution in [0.2, 0.25) is 0 Å². The standard InChI is InChI=1S/C56H53NO/c1-3-7-40(8-4-1)42-11-18-50(19-12-42)57(51-20-13-43(14-21-51)41-9-5-2-6-10-41)52-22-15-44(16-23-52)45-17-24-53-54(35-45)56(48-31-38-26-39(33-48)34-49(56)32-38)58-55(53)46-27-36-25-37(29-46)30-47(55)28-36/h1-24,35-39,46-49H,25-34H2. The molecule has 8 fully saturated rings. The Labute approximate surface area is 344 Å². The van der Waals surface area contributed by atoms with E-state index in [9.17, 15) is 0 Å². The number of ether oxygens (including phenoxy) is 1. The van der Waals surface area contributed by atoms with Crippen molar-refractivity contribution in [3.05, 3.63) is 163 Å². The minimum absolute atomic E-state index is 0.0485. The average Bonchev–Trinajstić information content (AvgIpc) is 3.57. The lowest BCUT2D eigenvalue weighted by Crippen LogP contribution is -2.60. The molecule has 1 aliphatic heterocycles. The van der Waals surface area contributed by atoms with E-state index in [0.717, 1.165) is 35.0 Å². The molecule has 0 unspecified atom stereocenters. The quantitative estimate of drug-likeness (QED) is 0.168. The van der Waals surface area contributed by atoms with E-state index >= 15 is 0 Å². The number of benzene rings is 6. The summed E-state index contributed by atoms with van der Waals surface area (Å²) in [6, 6.07) is 56.6. The molecule has 0 N–H and O–H groups in total.